The largest absolute Gasteiger partial charge is 0.398 e. The van der Waals surface area contributed by atoms with Gasteiger partial charge in [-0.2, -0.15) is 0 Å². The third kappa shape index (κ3) is 0.717. The van der Waals surface area contributed by atoms with Crippen LogP contribution >= 0.6 is 0 Å². The zero-order valence-corrected chi connectivity index (χ0v) is 6.49. The van der Waals surface area contributed by atoms with Crippen LogP contribution in [0.1, 0.15) is 0 Å². The molecule has 0 radical (unpaired) electrons. The van der Waals surface area contributed by atoms with Crippen LogP contribution in [-0.2, 0) is 0 Å². The summed E-state index contributed by atoms with van der Waals surface area (Å²) in [6.45, 7) is 0. The Kier molecular flexibility index (Phi) is 1.18. The van der Waals surface area contributed by atoms with E-state index in [4.69, 9.17) is 17.3 Å². The van der Waals surface area contributed by atoms with Crippen LogP contribution in [0, 0.1) is 0 Å². The zero-order valence-electron chi connectivity index (χ0n) is 6.49. The van der Waals surface area contributed by atoms with Gasteiger partial charge >= 0.3 is 0 Å². The van der Waals surface area contributed by atoms with Crippen molar-refractivity contribution >= 4 is 22.3 Å². The van der Waals surface area contributed by atoms with Crippen LogP contribution in [-0.4, -0.2) is 4.68 Å². The molecule has 4 nitrogen and oxygen atoms in total. The minimum atomic E-state index is 0.645. The van der Waals surface area contributed by atoms with Crippen molar-refractivity contribution in [2.45, 2.75) is 0 Å². The van der Waals surface area contributed by atoms with Gasteiger partial charge in [0.2, 0.25) is 0 Å². The number of nitrogen functional groups attached to an aromatic ring is 3. The first-order valence-electron chi connectivity index (χ1n) is 3.60. The summed E-state index contributed by atoms with van der Waals surface area (Å²) >= 11 is 0. The van der Waals surface area contributed by atoms with Crippen molar-refractivity contribution in [2.24, 2.45) is 0 Å². The molecule has 62 valence electrons. The summed E-state index contributed by atoms with van der Waals surface area (Å²) in [7, 11) is 0. The van der Waals surface area contributed by atoms with Gasteiger partial charge in [-0.05, 0) is 18.2 Å². The smallest absolute Gasteiger partial charge is 0.0939 e. The van der Waals surface area contributed by atoms with E-state index in [9.17, 15) is 0 Å². The Bertz CT molecular complexity index is 430. The molecule has 0 aliphatic heterocycles. The lowest BCUT2D eigenvalue weighted by atomic mass is 10.2. The molecule has 0 saturated heterocycles. The third-order valence-corrected chi connectivity index (χ3v) is 1.94. The maximum atomic E-state index is 5.71. The molecular formula is C8H10N4. The van der Waals surface area contributed by atoms with Gasteiger partial charge < -0.3 is 17.3 Å². The summed E-state index contributed by atoms with van der Waals surface area (Å²) < 4.78 is 1.47. The summed E-state index contributed by atoms with van der Waals surface area (Å²) in [6, 6.07) is 5.37. The van der Waals surface area contributed by atoms with E-state index in [0.717, 1.165) is 10.9 Å². The van der Waals surface area contributed by atoms with Crippen molar-refractivity contribution in [3.05, 3.63) is 24.4 Å². The number of nitrogens with zero attached hydrogens (tertiary/aromatic N) is 1. The van der Waals surface area contributed by atoms with Crippen LogP contribution in [0.2, 0.25) is 0 Å². The SMILES string of the molecule is Nc1ccc(N)c2c1ccn2N. The highest BCUT2D eigenvalue weighted by Gasteiger charge is 2.04. The zero-order chi connectivity index (χ0) is 8.72. The maximum Gasteiger partial charge on any atom is 0.0939 e. The second-order valence-corrected chi connectivity index (χ2v) is 2.73. The van der Waals surface area contributed by atoms with Crippen LogP contribution in [0.4, 0.5) is 11.4 Å². The summed E-state index contributed by atoms with van der Waals surface area (Å²) in [5, 5.41) is 0.900. The highest BCUT2D eigenvalue weighted by atomic mass is 15.3. The van der Waals surface area contributed by atoms with Crippen LogP contribution in [0.3, 0.4) is 0 Å². The van der Waals surface area contributed by atoms with Gasteiger partial charge in [0.15, 0.2) is 0 Å². The molecule has 0 aliphatic rings. The maximum absolute atomic E-state index is 5.71. The molecule has 0 amide bonds. The second kappa shape index (κ2) is 2.07. The Labute approximate surface area is 69.5 Å². The Morgan fingerprint density at radius 2 is 1.67 bits per heavy atom. The first-order chi connectivity index (χ1) is 5.70. The van der Waals surface area contributed by atoms with Crippen LogP contribution in [0.15, 0.2) is 24.4 Å². The van der Waals surface area contributed by atoms with E-state index in [2.05, 4.69) is 0 Å². The quantitative estimate of drug-likeness (QED) is 0.390. The average Bonchev–Trinajstić information content (AvgIpc) is 2.42. The monoisotopic (exact) mass is 162 g/mol. The number of anilines is 2. The molecule has 1 aromatic heterocycles. The van der Waals surface area contributed by atoms with Gasteiger partial charge in [-0.15, -0.1) is 0 Å². The lowest BCUT2D eigenvalue weighted by Crippen LogP contribution is -2.07. The van der Waals surface area contributed by atoms with Gasteiger partial charge in [-0.25, -0.2) is 0 Å². The van der Waals surface area contributed by atoms with Crippen molar-refractivity contribution in [1.82, 2.24) is 4.68 Å². The van der Waals surface area contributed by atoms with Crippen molar-refractivity contribution < 1.29 is 0 Å². The standard InChI is InChI=1S/C8H10N4/c9-6-1-2-7(10)8-5(6)3-4-12(8)11/h1-4H,9-11H2. The van der Waals surface area contributed by atoms with Crippen molar-refractivity contribution in [2.75, 3.05) is 17.3 Å². The molecular weight excluding hydrogens is 152 g/mol. The van der Waals surface area contributed by atoms with Gasteiger partial charge in [0.1, 0.15) is 0 Å². The summed E-state index contributed by atoms with van der Waals surface area (Å²) in [5.74, 6) is 5.63. The van der Waals surface area contributed by atoms with Gasteiger partial charge in [-0.1, -0.05) is 0 Å². The second-order valence-electron chi connectivity index (χ2n) is 2.73. The van der Waals surface area contributed by atoms with Crippen LogP contribution in [0.25, 0.3) is 10.9 Å². The van der Waals surface area contributed by atoms with E-state index in [0.29, 0.717) is 11.4 Å². The fourth-order valence-electron chi connectivity index (χ4n) is 1.33. The Morgan fingerprint density at radius 1 is 1.00 bits per heavy atom. The van der Waals surface area contributed by atoms with E-state index >= 15 is 0 Å². The topological polar surface area (TPSA) is 83.0 Å². The first kappa shape index (κ1) is 6.84. The predicted molar refractivity (Wildman–Crippen MR) is 50.9 cm³/mol. The van der Waals surface area contributed by atoms with Crippen molar-refractivity contribution in [1.29, 1.82) is 0 Å². The van der Waals surface area contributed by atoms with E-state index in [1.54, 1.807) is 18.3 Å². The molecule has 0 unspecified atom stereocenters. The average molecular weight is 162 g/mol. The van der Waals surface area contributed by atoms with Crippen molar-refractivity contribution in [3.63, 3.8) is 0 Å². The summed E-state index contributed by atoms with van der Waals surface area (Å²) in [5.41, 5.74) is 13.6. The Morgan fingerprint density at radius 3 is 2.33 bits per heavy atom. The molecule has 0 bridgehead atoms. The molecule has 12 heavy (non-hydrogen) atoms. The number of rotatable bonds is 0. The normalized spacial score (nSPS) is 10.7. The lowest BCUT2D eigenvalue weighted by molar-refractivity contribution is 1.07. The van der Waals surface area contributed by atoms with Crippen molar-refractivity contribution in [3.8, 4) is 0 Å². The molecule has 2 rings (SSSR count). The number of benzene rings is 1. The van der Waals surface area contributed by atoms with E-state index in [-0.39, 0.29) is 0 Å². The molecule has 0 fully saturated rings. The molecule has 4 heteroatoms. The molecule has 1 heterocycles. The minimum Gasteiger partial charge on any atom is -0.398 e. The molecule has 0 spiro atoms. The fraction of sp³-hybridized carbons (Fsp3) is 0. The van der Waals surface area contributed by atoms with Gasteiger partial charge in [0.05, 0.1) is 11.2 Å². The lowest BCUT2D eigenvalue weighted by Gasteiger charge is -2.02. The third-order valence-electron chi connectivity index (χ3n) is 1.94. The number of nitrogens with two attached hydrogens (primary N) is 3. The van der Waals surface area contributed by atoms with Gasteiger partial charge in [0, 0.05) is 17.3 Å². The molecule has 0 saturated carbocycles. The molecule has 1 aromatic carbocycles. The van der Waals surface area contributed by atoms with E-state index in [1.165, 1.54) is 4.68 Å². The van der Waals surface area contributed by atoms with Gasteiger partial charge in [0.25, 0.3) is 0 Å². The summed E-state index contributed by atoms with van der Waals surface area (Å²) in [4.78, 5) is 0. The molecule has 6 N–H and O–H groups in total. The number of aromatic nitrogens is 1. The van der Waals surface area contributed by atoms with Gasteiger partial charge in [-0.3, -0.25) is 4.68 Å². The first-order valence-corrected chi connectivity index (χ1v) is 3.60. The summed E-state index contributed by atoms with van der Waals surface area (Å²) in [6.07, 6.45) is 1.73. The highest BCUT2D eigenvalue weighted by molar-refractivity contribution is 5.98. The van der Waals surface area contributed by atoms with E-state index in [1.807, 2.05) is 6.07 Å². The predicted octanol–water partition coefficient (Wildman–Crippen LogP) is 0.520. The van der Waals surface area contributed by atoms with Crippen LogP contribution in [0.5, 0.6) is 0 Å². The fourth-order valence-corrected chi connectivity index (χ4v) is 1.33. The number of hydrogen-bond acceptors (Lipinski definition) is 3. The Hall–Kier alpha value is -1.84. The molecule has 0 atom stereocenters. The number of fused-ring (bicyclic) bond motifs is 1. The Balaban J connectivity index is 2.98. The highest BCUT2D eigenvalue weighted by Crippen LogP contribution is 2.25. The minimum absolute atomic E-state index is 0.645. The number of hydrogen-bond donors (Lipinski definition) is 3. The van der Waals surface area contributed by atoms with Crippen LogP contribution < -0.4 is 17.3 Å². The molecule has 0 aliphatic carbocycles. The molecule has 2 aromatic rings. The van der Waals surface area contributed by atoms with E-state index < -0.39 is 0 Å².